The van der Waals surface area contributed by atoms with Crippen molar-refractivity contribution in [3.05, 3.63) is 94.3 Å². The molecular formula is C29H32N4O2S. The molecule has 0 radical (unpaired) electrons. The molecule has 0 saturated carbocycles. The standard InChI is InChI=1S/C29H32N4O2S/c1-6-23-12-8-9-20(3)27(23)30-26(34)18-36-29-32-31-25(33(29)24-15-13-19(2)14-16-24)17-35-28-21(4)10-7-11-22(28)5/h7-16H,6,17-18H2,1-5H3,(H,30,34). The summed E-state index contributed by atoms with van der Waals surface area (Å²) < 4.78 is 8.15. The Hall–Kier alpha value is -3.58. The van der Waals surface area contributed by atoms with Gasteiger partial charge in [0.05, 0.1) is 5.75 Å². The molecule has 4 aromatic rings. The van der Waals surface area contributed by atoms with Crippen molar-refractivity contribution in [2.75, 3.05) is 11.1 Å². The Bertz CT molecular complexity index is 1340. The van der Waals surface area contributed by atoms with Gasteiger partial charge in [-0.2, -0.15) is 0 Å². The number of para-hydroxylation sites is 2. The lowest BCUT2D eigenvalue weighted by Gasteiger charge is -2.14. The zero-order chi connectivity index (χ0) is 25.7. The Morgan fingerprint density at radius 2 is 1.58 bits per heavy atom. The fourth-order valence-corrected chi connectivity index (χ4v) is 4.88. The van der Waals surface area contributed by atoms with E-state index in [4.69, 9.17) is 4.74 Å². The maximum atomic E-state index is 12.9. The average Bonchev–Trinajstić information content (AvgIpc) is 3.27. The van der Waals surface area contributed by atoms with Crippen molar-refractivity contribution in [3.63, 3.8) is 0 Å². The summed E-state index contributed by atoms with van der Waals surface area (Å²) in [6.07, 6.45) is 0.857. The van der Waals surface area contributed by atoms with E-state index in [1.807, 2.05) is 73.9 Å². The molecular weight excluding hydrogens is 468 g/mol. The molecule has 0 aliphatic heterocycles. The van der Waals surface area contributed by atoms with Gasteiger partial charge in [0.15, 0.2) is 11.0 Å². The maximum Gasteiger partial charge on any atom is 0.234 e. The molecule has 186 valence electrons. The molecule has 36 heavy (non-hydrogen) atoms. The second kappa shape index (κ2) is 11.4. The average molecular weight is 501 g/mol. The van der Waals surface area contributed by atoms with Crippen LogP contribution in [0.1, 0.15) is 40.6 Å². The van der Waals surface area contributed by atoms with Crippen LogP contribution in [0.4, 0.5) is 5.69 Å². The first-order chi connectivity index (χ1) is 17.4. The summed E-state index contributed by atoms with van der Waals surface area (Å²) in [5, 5.41) is 12.6. The van der Waals surface area contributed by atoms with Crippen LogP contribution in [0.25, 0.3) is 5.69 Å². The molecule has 7 heteroatoms. The third kappa shape index (κ3) is 5.79. The van der Waals surface area contributed by atoms with E-state index in [9.17, 15) is 4.79 Å². The lowest BCUT2D eigenvalue weighted by molar-refractivity contribution is -0.113. The summed E-state index contributed by atoms with van der Waals surface area (Å²) in [5.74, 6) is 1.68. The van der Waals surface area contributed by atoms with E-state index in [0.29, 0.717) is 11.0 Å². The lowest BCUT2D eigenvalue weighted by atomic mass is 10.1. The highest BCUT2D eigenvalue weighted by Gasteiger charge is 2.18. The van der Waals surface area contributed by atoms with Crippen LogP contribution in [-0.2, 0) is 17.8 Å². The second-order valence-corrected chi connectivity index (χ2v) is 9.82. The number of amides is 1. The molecule has 0 aliphatic rings. The summed E-state index contributed by atoms with van der Waals surface area (Å²) >= 11 is 1.36. The number of nitrogens with one attached hydrogen (secondary N) is 1. The largest absolute Gasteiger partial charge is 0.485 e. The number of ether oxygens (including phenoxy) is 1. The van der Waals surface area contributed by atoms with Gasteiger partial charge in [0, 0.05) is 11.4 Å². The predicted molar refractivity (Wildman–Crippen MR) is 146 cm³/mol. The van der Waals surface area contributed by atoms with E-state index in [2.05, 4.69) is 41.5 Å². The van der Waals surface area contributed by atoms with Gasteiger partial charge in [0.2, 0.25) is 5.91 Å². The van der Waals surface area contributed by atoms with Crippen LogP contribution in [0.15, 0.2) is 65.8 Å². The topological polar surface area (TPSA) is 69.0 Å². The van der Waals surface area contributed by atoms with Gasteiger partial charge in [-0.3, -0.25) is 9.36 Å². The monoisotopic (exact) mass is 500 g/mol. The number of thioether (sulfide) groups is 1. The lowest BCUT2D eigenvalue weighted by Crippen LogP contribution is -2.17. The zero-order valence-corrected chi connectivity index (χ0v) is 22.3. The van der Waals surface area contributed by atoms with E-state index in [0.717, 1.165) is 45.8 Å². The SMILES string of the molecule is CCc1cccc(C)c1NC(=O)CSc1nnc(COc2c(C)cccc2C)n1-c1ccc(C)cc1. The van der Waals surface area contributed by atoms with Crippen LogP contribution in [0.2, 0.25) is 0 Å². The van der Waals surface area contributed by atoms with Crippen LogP contribution >= 0.6 is 11.8 Å². The van der Waals surface area contributed by atoms with Gasteiger partial charge >= 0.3 is 0 Å². The van der Waals surface area contributed by atoms with Crippen molar-refractivity contribution in [3.8, 4) is 11.4 Å². The van der Waals surface area contributed by atoms with E-state index in [1.54, 1.807) is 0 Å². The fourth-order valence-electron chi connectivity index (χ4n) is 4.11. The van der Waals surface area contributed by atoms with Gasteiger partial charge in [0.25, 0.3) is 0 Å². The number of aryl methyl sites for hydroxylation is 5. The molecule has 0 aliphatic carbocycles. The molecule has 3 aromatic carbocycles. The van der Waals surface area contributed by atoms with Crippen LogP contribution in [0.3, 0.4) is 0 Å². The Kier molecular flexibility index (Phi) is 8.10. The minimum Gasteiger partial charge on any atom is -0.485 e. The van der Waals surface area contributed by atoms with Gasteiger partial charge in [-0.05, 0) is 68.5 Å². The van der Waals surface area contributed by atoms with Gasteiger partial charge in [-0.15, -0.1) is 10.2 Å². The molecule has 0 atom stereocenters. The smallest absolute Gasteiger partial charge is 0.234 e. The first-order valence-corrected chi connectivity index (χ1v) is 13.1. The molecule has 0 fully saturated rings. The summed E-state index contributed by atoms with van der Waals surface area (Å²) in [5.41, 5.74) is 7.33. The number of carbonyl (C=O) groups excluding carboxylic acids is 1. The highest BCUT2D eigenvalue weighted by Crippen LogP contribution is 2.27. The van der Waals surface area contributed by atoms with Gasteiger partial charge in [-0.25, -0.2) is 0 Å². The van der Waals surface area contributed by atoms with Crippen LogP contribution in [0, 0.1) is 27.7 Å². The van der Waals surface area contributed by atoms with Crippen LogP contribution < -0.4 is 10.1 Å². The molecule has 6 nitrogen and oxygen atoms in total. The summed E-state index contributed by atoms with van der Waals surface area (Å²) in [7, 11) is 0. The Balaban J connectivity index is 1.55. The van der Waals surface area contributed by atoms with Gasteiger partial charge < -0.3 is 10.1 Å². The summed E-state index contributed by atoms with van der Waals surface area (Å²) in [6.45, 7) is 10.5. The van der Waals surface area contributed by atoms with Crippen molar-refractivity contribution in [2.24, 2.45) is 0 Å². The first kappa shape index (κ1) is 25.5. The highest BCUT2D eigenvalue weighted by molar-refractivity contribution is 7.99. The Morgan fingerprint density at radius 1 is 0.917 bits per heavy atom. The zero-order valence-electron chi connectivity index (χ0n) is 21.5. The molecule has 4 rings (SSSR count). The number of carbonyl (C=O) groups is 1. The molecule has 0 bridgehead atoms. The number of hydrogen-bond donors (Lipinski definition) is 1. The number of benzene rings is 3. The second-order valence-electron chi connectivity index (χ2n) is 8.88. The molecule has 1 heterocycles. The van der Waals surface area contributed by atoms with Gasteiger partial charge in [-0.1, -0.05) is 72.8 Å². The van der Waals surface area contributed by atoms with Crippen molar-refractivity contribution in [1.82, 2.24) is 14.8 Å². The third-order valence-corrected chi connectivity index (χ3v) is 7.01. The van der Waals surface area contributed by atoms with E-state index >= 15 is 0 Å². The first-order valence-electron chi connectivity index (χ1n) is 12.1. The van der Waals surface area contributed by atoms with Gasteiger partial charge in [0.1, 0.15) is 12.4 Å². The number of anilines is 1. The van der Waals surface area contributed by atoms with Crippen LogP contribution in [0.5, 0.6) is 5.75 Å². The maximum absolute atomic E-state index is 12.9. The number of hydrogen-bond acceptors (Lipinski definition) is 5. The fraction of sp³-hybridized carbons (Fsp3) is 0.276. The van der Waals surface area contributed by atoms with E-state index < -0.39 is 0 Å². The quantitative estimate of drug-likeness (QED) is 0.270. The normalized spacial score (nSPS) is 10.9. The van der Waals surface area contributed by atoms with Crippen molar-refractivity contribution in [2.45, 2.75) is 52.8 Å². The molecule has 1 amide bonds. The van der Waals surface area contributed by atoms with Crippen molar-refractivity contribution in [1.29, 1.82) is 0 Å². The summed E-state index contributed by atoms with van der Waals surface area (Å²) in [6, 6.07) is 20.3. The minimum atomic E-state index is -0.0733. The number of rotatable bonds is 9. The van der Waals surface area contributed by atoms with E-state index in [-0.39, 0.29) is 18.3 Å². The Labute approximate surface area is 217 Å². The van der Waals surface area contributed by atoms with Crippen LogP contribution in [-0.4, -0.2) is 26.4 Å². The minimum absolute atomic E-state index is 0.0733. The Morgan fingerprint density at radius 3 is 2.28 bits per heavy atom. The van der Waals surface area contributed by atoms with Crippen molar-refractivity contribution >= 4 is 23.4 Å². The molecule has 0 spiro atoms. The highest BCUT2D eigenvalue weighted by atomic mass is 32.2. The third-order valence-electron chi connectivity index (χ3n) is 6.08. The predicted octanol–water partition coefficient (Wildman–Crippen LogP) is 6.37. The number of nitrogens with zero attached hydrogens (tertiary/aromatic N) is 3. The molecule has 0 unspecified atom stereocenters. The number of aromatic nitrogens is 3. The van der Waals surface area contributed by atoms with Crippen molar-refractivity contribution < 1.29 is 9.53 Å². The molecule has 0 saturated heterocycles. The van der Waals surface area contributed by atoms with E-state index in [1.165, 1.54) is 17.3 Å². The summed E-state index contributed by atoms with van der Waals surface area (Å²) in [4.78, 5) is 12.9. The molecule has 1 N–H and O–H groups in total. The molecule has 1 aromatic heterocycles.